The lowest BCUT2D eigenvalue weighted by Crippen LogP contribution is -2.09. The zero-order valence-corrected chi connectivity index (χ0v) is 10.6. The van der Waals surface area contributed by atoms with Gasteiger partial charge in [-0.05, 0) is 28.8 Å². The Kier molecular flexibility index (Phi) is 3.09. The molecule has 0 aliphatic rings. The summed E-state index contributed by atoms with van der Waals surface area (Å²) in [5.74, 6) is -0.451. The van der Waals surface area contributed by atoms with Crippen LogP contribution in [0.5, 0.6) is 0 Å². The number of carbonyl (C=O) groups excluding carboxylic acids is 1. The summed E-state index contributed by atoms with van der Waals surface area (Å²) < 4.78 is 4.97. The molecule has 0 atom stereocenters. The highest BCUT2D eigenvalue weighted by Gasteiger charge is 2.04. The molecular weight excluding hydrogens is 256 g/mol. The second-order valence-corrected chi connectivity index (χ2v) is 4.42. The molecule has 0 fully saturated rings. The Hall–Kier alpha value is -2.82. The van der Waals surface area contributed by atoms with E-state index in [1.807, 2.05) is 36.4 Å². The highest BCUT2D eigenvalue weighted by molar-refractivity contribution is 5.80. The Bertz CT molecular complexity index is 800. The van der Waals surface area contributed by atoms with Gasteiger partial charge in [0.15, 0.2) is 5.58 Å². The lowest BCUT2D eigenvalue weighted by Gasteiger charge is -2.04. The van der Waals surface area contributed by atoms with Crippen LogP contribution in [0.2, 0.25) is 0 Å². The molecule has 5 heteroatoms. The summed E-state index contributed by atoms with van der Waals surface area (Å²) in [6.45, 7) is 0.512. The van der Waals surface area contributed by atoms with E-state index in [1.165, 1.54) is 0 Å². The predicted molar refractivity (Wildman–Crippen MR) is 75.2 cm³/mol. The topological polar surface area (TPSA) is 75.1 Å². The van der Waals surface area contributed by atoms with Crippen LogP contribution in [0.15, 0.2) is 51.7 Å². The van der Waals surface area contributed by atoms with E-state index in [2.05, 4.69) is 10.3 Å². The van der Waals surface area contributed by atoms with E-state index in [1.54, 1.807) is 6.07 Å². The van der Waals surface area contributed by atoms with Crippen molar-refractivity contribution in [1.29, 1.82) is 0 Å². The van der Waals surface area contributed by atoms with E-state index in [0.29, 0.717) is 24.1 Å². The molecule has 0 aliphatic carbocycles. The van der Waals surface area contributed by atoms with Gasteiger partial charge in [-0.3, -0.25) is 9.78 Å². The van der Waals surface area contributed by atoms with Crippen LogP contribution in [0.1, 0.15) is 5.56 Å². The van der Waals surface area contributed by atoms with Crippen LogP contribution >= 0.6 is 0 Å². The average Bonchev–Trinajstić information content (AvgIpc) is 2.84. The number of amides is 1. The van der Waals surface area contributed by atoms with Gasteiger partial charge in [0.1, 0.15) is 0 Å². The molecule has 1 aromatic heterocycles. The van der Waals surface area contributed by atoms with Gasteiger partial charge in [0, 0.05) is 6.54 Å². The van der Waals surface area contributed by atoms with Crippen LogP contribution in [0.4, 0.5) is 0 Å². The summed E-state index contributed by atoms with van der Waals surface area (Å²) in [4.78, 5) is 24.0. The van der Waals surface area contributed by atoms with Gasteiger partial charge in [-0.2, -0.15) is 0 Å². The fraction of sp³-hybridized carbons (Fsp3) is 0.0667. The zero-order chi connectivity index (χ0) is 13.9. The van der Waals surface area contributed by atoms with E-state index in [-0.39, 0.29) is 0 Å². The van der Waals surface area contributed by atoms with Crippen molar-refractivity contribution < 1.29 is 9.21 Å². The number of rotatable bonds is 4. The van der Waals surface area contributed by atoms with Crippen molar-refractivity contribution in [2.45, 2.75) is 6.54 Å². The number of hydrogen-bond donors (Lipinski definition) is 2. The van der Waals surface area contributed by atoms with Crippen molar-refractivity contribution in [2.75, 3.05) is 0 Å². The Labute approximate surface area is 114 Å². The summed E-state index contributed by atoms with van der Waals surface area (Å²) in [5.41, 5.74) is 4.27. The van der Waals surface area contributed by atoms with E-state index >= 15 is 0 Å². The van der Waals surface area contributed by atoms with Gasteiger partial charge in [-0.1, -0.05) is 30.3 Å². The van der Waals surface area contributed by atoms with Crippen molar-refractivity contribution in [3.8, 4) is 11.1 Å². The SMILES string of the molecule is O=CNCc1ccc(-c2ccc3oc(=O)[nH]c3c2)cc1. The molecule has 0 bridgehead atoms. The lowest BCUT2D eigenvalue weighted by molar-refractivity contribution is -0.109. The van der Waals surface area contributed by atoms with Gasteiger partial charge in [0.05, 0.1) is 5.52 Å². The van der Waals surface area contributed by atoms with E-state index in [4.69, 9.17) is 4.42 Å². The maximum atomic E-state index is 11.1. The van der Waals surface area contributed by atoms with Crippen LogP contribution in [0.25, 0.3) is 22.2 Å². The van der Waals surface area contributed by atoms with Crippen molar-refractivity contribution in [1.82, 2.24) is 10.3 Å². The third kappa shape index (κ3) is 2.33. The second-order valence-electron chi connectivity index (χ2n) is 4.42. The number of nitrogens with one attached hydrogen (secondary N) is 2. The molecule has 2 N–H and O–H groups in total. The molecule has 0 radical (unpaired) electrons. The first-order valence-electron chi connectivity index (χ1n) is 6.15. The highest BCUT2D eigenvalue weighted by Crippen LogP contribution is 2.23. The van der Waals surface area contributed by atoms with Crippen molar-refractivity contribution in [3.05, 3.63) is 58.6 Å². The van der Waals surface area contributed by atoms with Crippen molar-refractivity contribution >= 4 is 17.5 Å². The molecule has 20 heavy (non-hydrogen) atoms. The van der Waals surface area contributed by atoms with Gasteiger partial charge >= 0.3 is 5.76 Å². The predicted octanol–water partition coefficient (Wildman–Crippen LogP) is 2.03. The molecule has 5 nitrogen and oxygen atoms in total. The van der Waals surface area contributed by atoms with Crippen LogP contribution < -0.4 is 11.1 Å². The standard InChI is InChI=1S/C15H12N2O3/c18-9-16-8-10-1-3-11(4-2-10)12-5-6-14-13(7-12)17-15(19)20-14/h1-7,9H,8H2,(H,16,18)(H,17,19). The number of benzene rings is 2. The van der Waals surface area contributed by atoms with Crippen molar-refractivity contribution in [2.24, 2.45) is 0 Å². The van der Waals surface area contributed by atoms with Crippen LogP contribution in [0, 0.1) is 0 Å². The minimum atomic E-state index is -0.451. The summed E-state index contributed by atoms with van der Waals surface area (Å²) in [5, 5.41) is 2.62. The molecule has 0 aliphatic heterocycles. The van der Waals surface area contributed by atoms with Crippen molar-refractivity contribution in [3.63, 3.8) is 0 Å². The number of oxazole rings is 1. The average molecular weight is 268 g/mol. The van der Waals surface area contributed by atoms with Gasteiger partial charge in [0.2, 0.25) is 6.41 Å². The third-order valence-electron chi connectivity index (χ3n) is 3.10. The van der Waals surface area contributed by atoms with Gasteiger partial charge in [-0.25, -0.2) is 4.79 Å². The fourth-order valence-corrected chi connectivity index (χ4v) is 2.11. The maximum absolute atomic E-state index is 11.1. The number of fused-ring (bicyclic) bond motifs is 1. The molecule has 0 saturated heterocycles. The normalized spacial score (nSPS) is 10.6. The van der Waals surface area contributed by atoms with Gasteiger partial charge in [0.25, 0.3) is 0 Å². The first kappa shape index (κ1) is 12.2. The molecule has 0 unspecified atom stereocenters. The monoisotopic (exact) mass is 268 g/mol. The molecule has 0 spiro atoms. The molecule has 2 aromatic carbocycles. The summed E-state index contributed by atoms with van der Waals surface area (Å²) in [7, 11) is 0. The maximum Gasteiger partial charge on any atom is 0.417 e. The Morgan fingerprint density at radius 2 is 1.85 bits per heavy atom. The van der Waals surface area contributed by atoms with Crippen LogP contribution in [-0.2, 0) is 11.3 Å². The Morgan fingerprint density at radius 3 is 2.60 bits per heavy atom. The minimum absolute atomic E-state index is 0.451. The number of aromatic nitrogens is 1. The number of H-pyrrole nitrogens is 1. The number of aromatic amines is 1. The number of carbonyl (C=O) groups is 1. The lowest BCUT2D eigenvalue weighted by atomic mass is 10.0. The largest absolute Gasteiger partial charge is 0.417 e. The Balaban J connectivity index is 1.93. The molecule has 100 valence electrons. The third-order valence-corrected chi connectivity index (χ3v) is 3.10. The second kappa shape index (κ2) is 5.05. The Morgan fingerprint density at radius 1 is 1.10 bits per heavy atom. The number of hydrogen-bond acceptors (Lipinski definition) is 3. The molecule has 3 rings (SSSR count). The molecule has 3 aromatic rings. The van der Waals surface area contributed by atoms with Crippen LogP contribution in [-0.4, -0.2) is 11.4 Å². The molecule has 1 heterocycles. The smallest absolute Gasteiger partial charge is 0.408 e. The summed E-state index contributed by atoms with van der Waals surface area (Å²) in [6, 6.07) is 13.4. The molecule has 1 amide bonds. The quantitative estimate of drug-likeness (QED) is 0.711. The van der Waals surface area contributed by atoms with E-state index in [9.17, 15) is 9.59 Å². The highest BCUT2D eigenvalue weighted by atomic mass is 16.4. The van der Waals surface area contributed by atoms with E-state index in [0.717, 1.165) is 16.7 Å². The summed E-state index contributed by atoms with van der Waals surface area (Å²) in [6.07, 6.45) is 0.678. The van der Waals surface area contributed by atoms with Crippen LogP contribution in [0.3, 0.4) is 0 Å². The first-order valence-corrected chi connectivity index (χ1v) is 6.15. The van der Waals surface area contributed by atoms with Gasteiger partial charge < -0.3 is 9.73 Å². The zero-order valence-electron chi connectivity index (χ0n) is 10.6. The minimum Gasteiger partial charge on any atom is -0.408 e. The first-order chi connectivity index (χ1) is 9.76. The molecular formula is C15H12N2O3. The van der Waals surface area contributed by atoms with E-state index < -0.39 is 5.76 Å². The van der Waals surface area contributed by atoms with Gasteiger partial charge in [-0.15, -0.1) is 0 Å². The fourth-order valence-electron chi connectivity index (χ4n) is 2.11. The molecule has 0 saturated carbocycles. The summed E-state index contributed by atoms with van der Waals surface area (Å²) >= 11 is 0.